The summed E-state index contributed by atoms with van der Waals surface area (Å²) in [5.41, 5.74) is 0.661. The van der Waals surface area contributed by atoms with Crippen molar-refractivity contribution in [3.05, 3.63) is 0 Å². The van der Waals surface area contributed by atoms with Gasteiger partial charge in [-0.1, -0.05) is 0 Å². The van der Waals surface area contributed by atoms with E-state index in [4.69, 9.17) is 0 Å². The second kappa shape index (κ2) is 3.64. The van der Waals surface area contributed by atoms with Gasteiger partial charge in [0.05, 0.1) is 0 Å². The van der Waals surface area contributed by atoms with Crippen LogP contribution >= 0.6 is 12.6 Å². The first-order valence-electron chi connectivity index (χ1n) is 5.42. The highest BCUT2D eigenvalue weighted by atomic mass is 32.1. The number of hydrogen-bond acceptors (Lipinski definition) is 1. The largest absolute Gasteiger partial charge is 0.288 e. The van der Waals surface area contributed by atoms with Gasteiger partial charge in [-0.2, -0.15) is 0 Å². The fourth-order valence-electron chi connectivity index (χ4n) is 3.28. The Balaban J connectivity index is 1.77. The van der Waals surface area contributed by atoms with Crippen LogP contribution in [0.5, 0.6) is 0 Å². The monoisotopic (exact) mass is 198 g/mol. The van der Waals surface area contributed by atoms with E-state index in [9.17, 15) is 4.79 Å². The van der Waals surface area contributed by atoms with Gasteiger partial charge in [0.1, 0.15) is 0 Å². The van der Waals surface area contributed by atoms with Crippen LogP contribution in [-0.2, 0) is 4.79 Å². The van der Waals surface area contributed by atoms with Crippen molar-refractivity contribution in [3.63, 3.8) is 0 Å². The molecule has 2 aliphatic carbocycles. The lowest BCUT2D eigenvalue weighted by molar-refractivity contribution is -0.111. The second-order valence-electron chi connectivity index (χ2n) is 4.89. The zero-order valence-electron chi connectivity index (χ0n) is 8.09. The van der Waals surface area contributed by atoms with Crippen molar-refractivity contribution in [2.24, 2.45) is 11.3 Å². The zero-order chi connectivity index (χ0) is 9.31. The van der Waals surface area contributed by atoms with Gasteiger partial charge in [0.15, 0.2) is 5.12 Å². The molecular formula is C11H18OS. The molecule has 2 aliphatic rings. The van der Waals surface area contributed by atoms with E-state index in [0.717, 1.165) is 12.3 Å². The number of carbonyl (C=O) groups excluding carboxylic acids is 1. The van der Waals surface area contributed by atoms with Gasteiger partial charge in [-0.05, 0) is 56.3 Å². The normalized spacial score (nSPS) is 36.8. The Hall–Kier alpha value is 0.0200. The molecule has 2 fully saturated rings. The molecule has 0 aliphatic heterocycles. The Morgan fingerprint density at radius 2 is 2.08 bits per heavy atom. The lowest BCUT2D eigenvalue weighted by atomic mass is 9.80. The predicted octanol–water partition coefficient (Wildman–Crippen LogP) is 3.19. The SMILES string of the molecule is O=C(S)CCCC12CCC(CC1)C2. The van der Waals surface area contributed by atoms with Gasteiger partial charge in [-0.25, -0.2) is 0 Å². The topological polar surface area (TPSA) is 17.1 Å². The Morgan fingerprint density at radius 3 is 2.54 bits per heavy atom. The average Bonchev–Trinajstić information content (AvgIpc) is 2.62. The van der Waals surface area contributed by atoms with Crippen molar-refractivity contribution in [3.8, 4) is 0 Å². The van der Waals surface area contributed by atoms with E-state index in [1.165, 1.54) is 38.5 Å². The molecule has 0 atom stereocenters. The molecular weight excluding hydrogens is 180 g/mol. The quantitative estimate of drug-likeness (QED) is 0.686. The minimum atomic E-state index is 0.0592. The van der Waals surface area contributed by atoms with Gasteiger partial charge in [0.25, 0.3) is 0 Å². The summed E-state index contributed by atoms with van der Waals surface area (Å²) in [6.07, 6.45) is 10.2. The first kappa shape index (κ1) is 9.57. The van der Waals surface area contributed by atoms with Crippen molar-refractivity contribution < 1.29 is 4.79 Å². The predicted molar refractivity (Wildman–Crippen MR) is 56.9 cm³/mol. The summed E-state index contributed by atoms with van der Waals surface area (Å²) in [6.45, 7) is 0. The van der Waals surface area contributed by atoms with E-state index < -0.39 is 0 Å². The molecule has 2 saturated carbocycles. The van der Waals surface area contributed by atoms with Gasteiger partial charge >= 0.3 is 0 Å². The highest BCUT2D eigenvalue weighted by molar-refractivity contribution is 7.96. The van der Waals surface area contributed by atoms with E-state index >= 15 is 0 Å². The van der Waals surface area contributed by atoms with Crippen LogP contribution in [0.3, 0.4) is 0 Å². The Morgan fingerprint density at radius 1 is 1.38 bits per heavy atom. The van der Waals surface area contributed by atoms with E-state index in [1.807, 2.05) is 0 Å². The average molecular weight is 198 g/mol. The second-order valence-corrected chi connectivity index (χ2v) is 5.39. The molecule has 74 valence electrons. The highest BCUT2D eigenvalue weighted by Gasteiger charge is 2.43. The number of carbonyl (C=O) groups is 1. The van der Waals surface area contributed by atoms with Crippen molar-refractivity contribution >= 4 is 17.7 Å². The molecule has 0 spiro atoms. The number of hydrogen-bond donors (Lipinski definition) is 1. The lowest BCUT2D eigenvalue weighted by Gasteiger charge is -2.25. The highest BCUT2D eigenvalue weighted by Crippen LogP contribution is 2.56. The van der Waals surface area contributed by atoms with Crippen LogP contribution in [0.4, 0.5) is 0 Å². The molecule has 0 aromatic rings. The Labute approximate surface area is 85.7 Å². The third kappa shape index (κ3) is 2.09. The maximum absolute atomic E-state index is 10.7. The molecule has 0 radical (unpaired) electrons. The molecule has 13 heavy (non-hydrogen) atoms. The summed E-state index contributed by atoms with van der Waals surface area (Å²) in [5.74, 6) is 1.03. The van der Waals surface area contributed by atoms with Crippen LogP contribution in [0.25, 0.3) is 0 Å². The summed E-state index contributed by atoms with van der Waals surface area (Å²) in [5, 5.41) is 0.0592. The van der Waals surface area contributed by atoms with E-state index in [-0.39, 0.29) is 5.12 Å². The molecule has 0 saturated heterocycles. The first-order chi connectivity index (χ1) is 6.20. The summed E-state index contributed by atoms with van der Waals surface area (Å²) in [7, 11) is 0. The Bertz CT molecular complexity index is 204. The number of thiol groups is 1. The summed E-state index contributed by atoms with van der Waals surface area (Å²) in [6, 6.07) is 0. The van der Waals surface area contributed by atoms with Crippen molar-refractivity contribution in [2.45, 2.75) is 51.4 Å². The first-order valence-corrected chi connectivity index (χ1v) is 5.87. The third-order valence-corrected chi connectivity index (χ3v) is 4.21. The molecule has 2 rings (SSSR count). The van der Waals surface area contributed by atoms with Crippen LogP contribution in [0.1, 0.15) is 51.4 Å². The minimum Gasteiger partial charge on any atom is -0.288 e. The van der Waals surface area contributed by atoms with Crippen molar-refractivity contribution in [1.29, 1.82) is 0 Å². The van der Waals surface area contributed by atoms with Crippen LogP contribution < -0.4 is 0 Å². The molecule has 0 amide bonds. The lowest BCUT2D eigenvalue weighted by Crippen LogP contribution is -2.13. The van der Waals surface area contributed by atoms with E-state index in [1.54, 1.807) is 0 Å². The number of rotatable bonds is 4. The van der Waals surface area contributed by atoms with Crippen LogP contribution in [0.15, 0.2) is 0 Å². The zero-order valence-corrected chi connectivity index (χ0v) is 8.98. The summed E-state index contributed by atoms with van der Waals surface area (Å²) in [4.78, 5) is 10.7. The molecule has 0 N–H and O–H groups in total. The molecule has 2 bridgehead atoms. The standard InChI is InChI=1S/C11H18OS/c12-10(13)2-1-5-11-6-3-9(8-11)4-7-11/h9H,1-8H2,(H,12,13). The van der Waals surface area contributed by atoms with E-state index in [2.05, 4.69) is 12.6 Å². The molecule has 1 nitrogen and oxygen atoms in total. The summed E-state index contributed by atoms with van der Waals surface area (Å²) >= 11 is 3.80. The van der Waals surface area contributed by atoms with Crippen molar-refractivity contribution in [1.82, 2.24) is 0 Å². The van der Waals surface area contributed by atoms with E-state index in [0.29, 0.717) is 11.8 Å². The fraction of sp³-hybridized carbons (Fsp3) is 0.909. The van der Waals surface area contributed by atoms with Gasteiger partial charge < -0.3 is 0 Å². The fourth-order valence-corrected chi connectivity index (χ4v) is 3.44. The van der Waals surface area contributed by atoms with Gasteiger partial charge in [-0.15, -0.1) is 12.6 Å². The van der Waals surface area contributed by atoms with Crippen LogP contribution in [0.2, 0.25) is 0 Å². The smallest absolute Gasteiger partial charge is 0.185 e. The molecule has 0 aromatic carbocycles. The molecule has 0 heterocycles. The molecule has 0 aromatic heterocycles. The summed E-state index contributed by atoms with van der Waals surface area (Å²) < 4.78 is 0. The Kier molecular flexibility index (Phi) is 2.68. The maximum atomic E-state index is 10.7. The van der Waals surface area contributed by atoms with Crippen LogP contribution in [0, 0.1) is 11.3 Å². The molecule has 2 heteroatoms. The molecule has 0 unspecified atom stereocenters. The van der Waals surface area contributed by atoms with Crippen LogP contribution in [-0.4, -0.2) is 5.12 Å². The van der Waals surface area contributed by atoms with Gasteiger partial charge in [-0.3, -0.25) is 4.79 Å². The third-order valence-electron chi connectivity index (χ3n) is 3.99. The number of fused-ring (bicyclic) bond motifs is 2. The van der Waals surface area contributed by atoms with Gasteiger partial charge in [0, 0.05) is 6.42 Å². The van der Waals surface area contributed by atoms with Gasteiger partial charge in [0.2, 0.25) is 0 Å². The maximum Gasteiger partial charge on any atom is 0.185 e. The van der Waals surface area contributed by atoms with Crippen molar-refractivity contribution in [2.75, 3.05) is 0 Å². The minimum absolute atomic E-state index is 0.0592.